The summed E-state index contributed by atoms with van der Waals surface area (Å²) in [5, 5.41) is 0. The number of nitrogens with two attached hydrogens (primary N) is 1. The number of carbonyl (C=O) groups is 1. The van der Waals surface area contributed by atoms with Crippen LogP contribution in [0.3, 0.4) is 0 Å². The molecule has 0 aliphatic carbocycles. The van der Waals surface area contributed by atoms with Gasteiger partial charge in [0.2, 0.25) is 0 Å². The molecular formula is C13H22N2O2. The van der Waals surface area contributed by atoms with E-state index in [2.05, 4.69) is 13.8 Å². The first-order valence-corrected chi connectivity index (χ1v) is 6.19. The van der Waals surface area contributed by atoms with Gasteiger partial charge in [-0.25, -0.2) is 0 Å². The molecule has 0 aliphatic rings. The molecule has 96 valence electrons. The minimum absolute atomic E-state index is 0.0243. The maximum atomic E-state index is 12.2. The number of amides is 1. The summed E-state index contributed by atoms with van der Waals surface area (Å²) in [5.41, 5.74) is 6.05. The molecule has 17 heavy (non-hydrogen) atoms. The van der Waals surface area contributed by atoms with Gasteiger partial charge in [-0.3, -0.25) is 4.79 Å². The first-order chi connectivity index (χ1) is 8.12. The maximum Gasteiger partial charge on any atom is 0.257 e. The van der Waals surface area contributed by atoms with E-state index in [1.54, 1.807) is 6.07 Å². The second-order valence-corrected chi connectivity index (χ2v) is 4.36. The Hall–Kier alpha value is -1.29. The lowest BCUT2D eigenvalue weighted by atomic mass is 10.1. The fraction of sp³-hybridized carbons (Fsp3) is 0.615. The molecule has 0 radical (unpaired) electrons. The van der Waals surface area contributed by atoms with Crippen molar-refractivity contribution >= 4 is 5.91 Å². The average Bonchev–Trinajstić information content (AvgIpc) is 2.83. The van der Waals surface area contributed by atoms with E-state index in [4.69, 9.17) is 10.2 Å². The number of hydrogen-bond donors (Lipinski definition) is 1. The van der Waals surface area contributed by atoms with Gasteiger partial charge in [-0.2, -0.15) is 0 Å². The van der Waals surface area contributed by atoms with Gasteiger partial charge in [-0.15, -0.1) is 0 Å². The Morgan fingerprint density at radius 2 is 2.24 bits per heavy atom. The molecule has 0 saturated carbocycles. The van der Waals surface area contributed by atoms with E-state index in [1.807, 2.05) is 11.8 Å². The van der Waals surface area contributed by atoms with Gasteiger partial charge in [-0.1, -0.05) is 20.3 Å². The molecule has 0 saturated heterocycles. The van der Waals surface area contributed by atoms with Crippen LogP contribution in [-0.4, -0.2) is 23.9 Å². The molecule has 1 atom stereocenters. The Morgan fingerprint density at radius 1 is 1.53 bits per heavy atom. The molecule has 1 heterocycles. The number of hydrogen-bond acceptors (Lipinski definition) is 3. The molecule has 1 rings (SSSR count). The lowest BCUT2D eigenvalue weighted by molar-refractivity contribution is 0.0740. The Kier molecular flexibility index (Phi) is 5.22. The van der Waals surface area contributed by atoms with Gasteiger partial charge in [0.1, 0.15) is 12.0 Å². The first-order valence-electron chi connectivity index (χ1n) is 6.19. The Balaban J connectivity index is 2.71. The van der Waals surface area contributed by atoms with Crippen molar-refractivity contribution in [2.45, 2.75) is 33.7 Å². The summed E-state index contributed by atoms with van der Waals surface area (Å²) in [6.07, 6.45) is 2.56. The molecule has 1 amide bonds. The third-order valence-corrected chi connectivity index (χ3v) is 3.00. The molecule has 4 heteroatoms. The zero-order chi connectivity index (χ0) is 12.8. The van der Waals surface area contributed by atoms with E-state index in [-0.39, 0.29) is 5.91 Å². The summed E-state index contributed by atoms with van der Waals surface area (Å²) in [5.74, 6) is 1.18. The van der Waals surface area contributed by atoms with E-state index in [9.17, 15) is 4.79 Å². The van der Waals surface area contributed by atoms with Crippen molar-refractivity contribution in [1.82, 2.24) is 4.90 Å². The molecule has 0 aromatic carbocycles. The maximum absolute atomic E-state index is 12.2. The van der Waals surface area contributed by atoms with Crippen LogP contribution in [0.25, 0.3) is 0 Å². The highest BCUT2D eigenvalue weighted by molar-refractivity contribution is 5.94. The fourth-order valence-electron chi connectivity index (χ4n) is 1.64. The van der Waals surface area contributed by atoms with Gasteiger partial charge >= 0.3 is 0 Å². The van der Waals surface area contributed by atoms with Crippen molar-refractivity contribution in [3.05, 3.63) is 23.7 Å². The van der Waals surface area contributed by atoms with E-state index in [0.717, 1.165) is 13.0 Å². The standard InChI is InChI=1S/C13H22N2O2/c1-4-10(3)8-15(5-2)13(16)11-6-12(7-14)17-9-11/h6,9-10H,4-5,7-8,14H2,1-3H3. The smallest absolute Gasteiger partial charge is 0.257 e. The highest BCUT2D eigenvalue weighted by atomic mass is 16.3. The van der Waals surface area contributed by atoms with Crippen molar-refractivity contribution in [2.24, 2.45) is 11.7 Å². The molecule has 2 N–H and O–H groups in total. The van der Waals surface area contributed by atoms with E-state index in [1.165, 1.54) is 6.26 Å². The van der Waals surface area contributed by atoms with Crippen molar-refractivity contribution in [1.29, 1.82) is 0 Å². The lowest BCUT2D eigenvalue weighted by Gasteiger charge is -2.23. The van der Waals surface area contributed by atoms with Crippen LogP contribution in [-0.2, 0) is 6.54 Å². The third-order valence-electron chi connectivity index (χ3n) is 3.00. The summed E-state index contributed by atoms with van der Waals surface area (Å²) < 4.78 is 5.19. The van der Waals surface area contributed by atoms with E-state index < -0.39 is 0 Å². The van der Waals surface area contributed by atoms with Gasteiger partial charge in [-0.05, 0) is 18.9 Å². The zero-order valence-corrected chi connectivity index (χ0v) is 10.9. The van der Waals surface area contributed by atoms with Gasteiger partial charge in [0.25, 0.3) is 5.91 Å². The molecule has 0 bridgehead atoms. The Labute approximate surface area is 103 Å². The summed E-state index contributed by atoms with van der Waals surface area (Å²) in [6.45, 7) is 8.10. The number of rotatable bonds is 6. The second-order valence-electron chi connectivity index (χ2n) is 4.36. The van der Waals surface area contributed by atoms with Crippen LogP contribution in [0.1, 0.15) is 43.3 Å². The Bertz CT molecular complexity index is 360. The summed E-state index contributed by atoms with van der Waals surface area (Å²) in [7, 11) is 0. The van der Waals surface area contributed by atoms with Crippen molar-refractivity contribution < 1.29 is 9.21 Å². The van der Waals surface area contributed by atoms with Crippen LogP contribution >= 0.6 is 0 Å². The highest BCUT2D eigenvalue weighted by Gasteiger charge is 2.18. The molecule has 4 nitrogen and oxygen atoms in total. The lowest BCUT2D eigenvalue weighted by Crippen LogP contribution is -2.34. The first kappa shape index (κ1) is 13.8. The SMILES string of the molecule is CCC(C)CN(CC)C(=O)c1coc(CN)c1. The summed E-state index contributed by atoms with van der Waals surface area (Å²) in [6, 6.07) is 1.72. The van der Waals surface area contributed by atoms with Crippen LogP contribution in [0.2, 0.25) is 0 Å². The van der Waals surface area contributed by atoms with Crippen LogP contribution < -0.4 is 5.73 Å². The molecule has 0 aliphatic heterocycles. The summed E-state index contributed by atoms with van der Waals surface area (Å²) >= 11 is 0. The number of furan rings is 1. The Morgan fingerprint density at radius 3 is 2.71 bits per heavy atom. The monoisotopic (exact) mass is 238 g/mol. The van der Waals surface area contributed by atoms with Crippen molar-refractivity contribution in [3.63, 3.8) is 0 Å². The predicted molar refractivity (Wildman–Crippen MR) is 67.6 cm³/mol. The molecule has 0 spiro atoms. The predicted octanol–water partition coefficient (Wildman–Crippen LogP) is 2.25. The van der Waals surface area contributed by atoms with Gasteiger partial charge in [0.05, 0.1) is 12.1 Å². The average molecular weight is 238 g/mol. The van der Waals surface area contributed by atoms with Gasteiger partial charge in [0.15, 0.2) is 0 Å². The van der Waals surface area contributed by atoms with E-state index in [0.29, 0.717) is 30.3 Å². The number of nitrogens with zero attached hydrogens (tertiary/aromatic N) is 1. The zero-order valence-electron chi connectivity index (χ0n) is 10.9. The third kappa shape index (κ3) is 3.60. The van der Waals surface area contributed by atoms with Gasteiger partial charge < -0.3 is 15.1 Å². The second kappa shape index (κ2) is 6.45. The minimum atomic E-state index is 0.0243. The topological polar surface area (TPSA) is 59.5 Å². The number of carbonyl (C=O) groups excluding carboxylic acids is 1. The molecule has 1 aromatic rings. The molecule has 0 fully saturated rings. The normalized spacial score (nSPS) is 12.5. The van der Waals surface area contributed by atoms with Crippen LogP contribution in [0.4, 0.5) is 0 Å². The van der Waals surface area contributed by atoms with Crippen molar-refractivity contribution in [3.8, 4) is 0 Å². The minimum Gasteiger partial charge on any atom is -0.467 e. The van der Waals surface area contributed by atoms with Crippen molar-refractivity contribution in [2.75, 3.05) is 13.1 Å². The van der Waals surface area contributed by atoms with E-state index >= 15 is 0 Å². The van der Waals surface area contributed by atoms with Crippen LogP contribution in [0.5, 0.6) is 0 Å². The summed E-state index contributed by atoms with van der Waals surface area (Å²) in [4.78, 5) is 14.0. The quantitative estimate of drug-likeness (QED) is 0.827. The fourth-order valence-corrected chi connectivity index (χ4v) is 1.64. The van der Waals surface area contributed by atoms with Crippen LogP contribution in [0, 0.1) is 5.92 Å². The van der Waals surface area contributed by atoms with Gasteiger partial charge in [0, 0.05) is 13.1 Å². The largest absolute Gasteiger partial charge is 0.467 e. The van der Waals surface area contributed by atoms with Crippen LogP contribution in [0.15, 0.2) is 16.7 Å². The molecule has 1 aromatic heterocycles. The molecule has 1 unspecified atom stereocenters. The highest BCUT2D eigenvalue weighted by Crippen LogP contribution is 2.12. The molecular weight excluding hydrogens is 216 g/mol.